The fraction of sp³-hybridized carbons (Fsp3) is 0.450. The Kier molecular flexibility index (Phi) is 7.05. The quantitative estimate of drug-likeness (QED) is 0.546. The zero-order valence-electron chi connectivity index (χ0n) is 14.1. The van der Waals surface area contributed by atoms with Crippen LogP contribution in [0.25, 0.3) is 11.3 Å². The molecule has 2 aromatic rings. The van der Waals surface area contributed by atoms with Gasteiger partial charge in [0.15, 0.2) is 0 Å². The number of hydrogen-bond donors (Lipinski definition) is 0. The number of ether oxygens (including phenoxy) is 1. The summed E-state index contributed by atoms with van der Waals surface area (Å²) in [6.07, 6.45) is 8.78. The molecular formula is C20H26FNO. The first-order chi connectivity index (χ1) is 11.2. The smallest absolute Gasteiger partial charge is 0.136 e. The van der Waals surface area contributed by atoms with Crippen molar-refractivity contribution in [3.63, 3.8) is 0 Å². The van der Waals surface area contributed by atoms with E-state index >= 15 is 0 Å². The first-order valence-electron chi connectivity index (χ1n) is 8.62. The number of rotatable bonds is 9. The lowest BCUT2D eigenvalue weighted by Gasteiger charge is -2.08. The van der Waals surface area contributed by atoms with Crippen LogP contribution in [-0.2, 0) is 6.42 Å². The highest BCUT2D eigenvalue weighted by Crippen LogP contribution is 2.25. The molecule has 0 fully saturated rings. The third kappa shape index (κ3) is 5.34. The van der Waals surface area contributed by atoms with Gasteiger partial charge in [-0.2, -0.15) is 0 Å². The molecule has 0 saturated carbocycles. The van der Waals surface area contributed by atoms with Crippen molar-refractivity contribution in [1.29, 1.82) is 0 Å². The maximum atomic E-state index is 14.2. The lowest BCUT2D eigenvalue weighted by Crippen LogP contribution is -1.96. The number of hydrogen-bond acceptors (Lipinski definition) is 2. The molecule has 3 heteroatoms. The number of aromatic nitrogens is 1. The van der Waals surface area contributed by atoms with Gasteiger partial charge in [0.25, 0.3) is 0 Å². The van der Waals surface area contributed by atoms with Crippen molar-refractivity contribution in [3.8, 4) is 17.0 Å². The predicted octanol–water partition coefficient (Wildman–Crippen LogP) is 5.80. The van der Waals surface area contributed by atoms with Crippen LogP contribution in [-0.4, -0.2) is 11.6 Å². The maximum Gasteiger partial charge on any atom is 0.136 e. The summed E-state index contributed by atoms with van der Waals surface area (Å²) in [6.45, 7) is 4.84. The molecule has 0 amide bonds. The van der Waals surface area contributed by atoms with E-state index in [9.17, 15) is 4.39 Å². The largest absolute Gasteiger partial charge is 0.494 e. The van der Waals surface area contributed by atoms with E-state index in [0.29, 0.717) is 23.6 Å². The Hall–Kier alpha value is -1.90. The first-order valence-corrected chi connectivity index (χ1v) is 8.62. The van der Waals surface area contributed by atoms with E-state index in [1.807, 2.05) is 19.2 Å². The SMILES string of the molecule is CCCCCCc1ccc(-c2ccc(OCCC)cc2F)nc1. The number of aryl methyl sites for hydroxylation is 1. The van der Waals surface area contributed by atoms with Gasteiger partial charge in [-0.25, -0.2) is 4.39 Å². The van der Waals surface area contributed by atoms with Crippen molar-refractivity contribution in [2.24, 2.45) is 0 Å². The van der Waals surface area contributed by atoms with Gasteiger partial charge < -0.3 is 4.74 Å². The van der Waals surface area contributed by atoms with Crippen LogP contribution in [0, 0.1) is 5.82 Å². The molecule has 0 aliphatic heterocycles. The van der Waals surface area contributed by atoms with Crippen molar-refractivity contribution in [2.45, 2.75) is 52.4 Å². The highest BCUT2D eigenvalue weighted by atomic mass is 19.1. The van der Waals surface area contributed by atoms with Gasteiger partial charge in [-0.05, 0) is 43.0 Å². The summed E-state index contributed by atoms with van der Waals surface area (Å²) in [4.78, 5) is 4.42. The Balaban J connectivity index is 2.01. The van der Waals surface area contributed by atoms with Crippen LogP contribution < -0.4 is 4.74 Å². The lowest BCUT2D eigenvalue weighted by molar-refractivity contribution is 0.316. The third-order valence-corrected chi connectivity index (χ3v) is 3.83. The number of halogens is 1. The molecule has 0 bridgehead atoms. The molecule has 2 nitrogen and oxygen atoms in total. The Morgan fingerprint density at radius 1 is 1.00 bits per heavy atom. The molecule has 0 spiro atoms. The van der Waals surface area contributed by atoms with E-state index in [2.05, 4.69) is 18.0 Å². The first kappa shape index (κ1) is 17.5. The number of unbranched alkanes of at least 4 members (excludes halogenated alkanes) is 3. The molecule has 0 aliphatic carbocycles. The van der Waals surface area contributed by atoms with E-state index < -0.39 is 0 Å². The molecule has 0 unspecified atom stereocenters. The summed E-state index contributed by atoms with van der Waals surface area (Å²) >= 11 is 0. The van der Waals surface area contributed by atoms with E-state index in [1.165, 1.54) is 37.3 Å². The fourth-order valence-electron chi connectivity index (χ4n) is 2.50. The van der Waals surface area contributed by atoms with Crippen LogP contribution in [0.2, 0.25) is 0 Å². The second-order valence-corrected chi connectivity index (χ2v) is 5.85. The highest BCUT2D eigenvalue weighted by molar-refractivity contribution is 5.61. The molecule has 23 heavy (non-hydrogen) atoms. The second-order valence-electron chi connectivity index (χ2n) is 5.85. The van der Waals surface area contributed by atoms with E-state index in [-0.39, 0.29) is 5.82 Å². The molecule has 124 valence electrons. The fourth-order valence-corrected chi connectivity index (χ4v) is 2.50. The molecule has 1 aromatic heterocycles. The maximum absolute atomic E-state index is 14.2. The Labute approximate surface area is 138 Å². The lowest BCUT2D eigenvalue weighted by atomic mass is 10.1. The van der Waals surface area contributed by atoms with E-state index in [0.717, 1.165) is 12.8 Å². The Morgan fingerprint density at radius 3 is 2.52 bits per heavy atom. The van der Waals surface area contributed by atoms with E-state index in [4.69, 9.17) is 4.74 Å². The van der Waals surface area contributed by atoms with Gasteiger partial charge in [0.1, 0.15) is 11.6 Å². The summed E-state index contributed by atoms with van der Waals surface area (Å²) in [6, 6.07) is 8.93. The zero-order chi connectivity index (χ0) is 16.5. The van der Waals surface area contributed by atoms with Crippen molar-refractivity contribution in [3.05, 3.63) is 47.9 Å². The van der Waals surface area contributed by atoms with Crippen LogP contribution in [0.1, 0.15) is 51.5 Å². The van der Waals surface area contributed by atoms with Crippen LogP contribution in [0.15, 0.2) is 36.5 Å². The molecule has 0 saturated heterocycles. The van der Waals surface area contributed by atoms with Crippen LogP contribution >= 0.6 is 0 Å². The molecule has 1 heterocycles. The Bertz CT molecular complexity index is 595. The number of pyridine rings is 1. The van der Waals surface area contributed by atoms with Crippen LogP contribution in [0.5, 0.6) is 5.75 Å². The predicted molar refractivity (Wildman–Crippen MR) is 93.3 cm³/mol. The van der Waals surface area contributed by atoms with Crippen molar-refractivity contribution in [1.82, 2.24) is 4.98 Å². The van der Waals surface area contributed by atoms with Crippen molar-refractivity contribution in [2.75, 3.05) is 6.61 Å². The zero-order valence-corrected chi connectivity index (χ0v) is 14.1. The number of benzene rings is 1. The normalized spacial score (nSPS) is 10.7. The van der Waals surface area contributed by atoms with Gasteiger partial charge in [-0.15, -0.1) is 0 Å². The minimum absolute atomic E-state index is 0.290. The molecule has 0 atom stereocenters. The third-order valence-electron chi connectivity index (χ3n) is 3.83. The monoisotopic (exact) mass is 315 g/mol. The number of nitrogens with zero attached hydrogens (tertiary/aromatic N) is 1. The van der Waals surface area contributed by atoms with Gasteiger partial charge in [0.2, 0.25) is 0 Å². The molecular weight excluding hydrogens is 289 g/mol. The highest BCUT2D eigenvalue weighted by Gasteiger charge is 2.08. The standard InChI is InChI=1S/C20H26FNO/c1-3-5-6-7-8-16-9-12-20(22-15-16)18-11-10-17(14-19(18)21)23-13-4-2/h9-12,14-15H,3-8,13H2,1-2H3. The minimum Gasteiger partial charge on any atom is -0.494 e. The van der Waals surface area contributed by atoms with Gasteiger partial charge in [0, 0.05) is 17.8 Å². The minimum atomic E-state index is -0.290. The molecule has 0 radical (unpaired) electrons. The Morgan fingerprint density at radius 2 is 1.87 bits per heavy atom. The summed E-state index contributed by atoms with van der Waals surface area (Å²) in [5, 5.41) is 0. The van der Waals surface area contributed by atoms with Crippen molar-refractivity contribution >= 4 is 0 Å². The summed E-state index contributed by atoms with van der Waals surface area (Å²) < 4.78 is 19.7. The topological polar surface area (TPSA) is 22.1 Å². The summed E-state index contributed by atoms with van der Waals surface area (Å²) in [7, 11) is 0. The second kappa shape index (κ2) is 9.29. The van der Waals surface area contributed by atoms with Gasteiger partial charge in [-0.3, -0.25) is 4.98 Å². The molecule has 2 rings (SSSR count). The van der Waals surface area contributed by atoms with Crippen LogP contribution in [0.3, 0.4) is 0 Å². The summed E-state index contributed by atoms with van der Waals surface area (Å²) in [5.41, 5.74) is 2.40. The molecule has 0 aliphatic rings. The summed E-state index contributed by atoms with van der Waals surface area (Å²) in [5.74, 6) is 0.280. The molecule has 0 N–H and O–H groups in total. The van der Waals surface area contributed by atoms with Gasteiger partial charge >= 0.3 is 0 Å². The van der Waals surface area contributed by atoms with Crippen LogP contribution in [0.4, 0.5) is 4.39 Å². The van der Waals surface area contributed by atoms with Gasteiger partial charge in [-0.1, -0.05) is 39.2 Å². The average molecular weight is 315 g/mol. The van der Waals surface area contributed by atoms with Crippen molar-refractivity contribution < 1.29 is 9.13 Å². The molecule has 1 aromatic carbocycles. The van der Waals surface area contributed by atoms with Gasteiger partial charge in [0.05, 0.1) is 12.3 Å². The van der Waals surface area contributed by atoms with E-state index in [1.54, 1.807) is 12.1 Å². The average Bonchev–Trinajstić information content (AvgIpc) is 2.58.